The van der Waals surface area contributed by atoms with Crippen LogP contribution in [-0.2, 0) is 26.2 Å². The van der Waals surface area contributed by atoms with Gasteiger partial charge in [0, 0.05) is 12.6 Å². The molecule has 0 unspecified atom stereocenters. The maximum Gasteiger partial charge on any atom is 0.264 e. The number of ether oxygens (including phenoxy) is 1. The SMILES string of the molecule is CCOc1ccc(S(=O)(=O)N(CC(=O)N(Cc2ccc(Cl)c(Cl)c2)[C@H](CC)C(=O)N[C@H](C)CC)c2ccc(C)cc2)cc1. The zero-order valence-electron chi connectivity index (χ0n) is 25.1. The number of carbonyl (C=O) groups excluding carboxylic acids is 2. The summed E-state index contributed by atoms with van der Waals surface area (Å²) in [5.41, 5.74) is 1.90. The minimum Gasteiger partial charge on any atom is -0.494 e. The molecular formula is C32H39Cl2N3O5S. The van der Waals surface area contributed by atoms with E-state index < -0.39 is 28.5 Å². The van der Waals surface area contributed by atoms with Crippen LogP contribution in [0.15, 0.2) is 71.6 Å². The molecule has 0 spiro atoms. The van der Waals surface area contributed by atoms with E-state index in [2.05, 4.69) is 5.32 Å². The van der Waals surface area contributed by atoms with Crippen molar-refractivity contribution in [3.63, 3.8) is 0 Å². The normalized spacial score (nSPS) is 12.7. The van der Waals surface area contributed by atoms with E-state index in [1.807, 2.05) is 34.6 Å². The van der Waals surface area contributed by atoms with Crippen LogP contribution < -0.4 is 14.4 Å². The van der Waals surface area contributed by atoms with Crippen LogP contribution in [0.4, 0.5) is 5.69 Å². The van der Waals surface area contributed by atoms with Gasteiger partial charge in [-0.1, -0.05) is 60.8 Å². The van der Waals surface area contributed by atoms with E-state index in [1.54, 1.807) is 54.6 Å². The van der Waals surface area contributed by atoms with Gasteiger partial charge < -0.3 is 15.0 Å². The third kappa shape index (κ3) is 8.87. The molecule has 0 aliphatic carbocycles. The van der Waals surface area contributed by atoms with Gasteiger partial charge in [-0.25, -0.2) is 8.42 Å². The monoisotopic (exact) mass is 647 g/mol. The van der Waals surface area contributed by atoms with Crippen LogP contribution in [0.25, 0.3) is 0 Å². The molecule has 0 radical (unpaired) electrons. The van der Waals surface area contributed by atoms with Gasteiger partial charge in [0.1, 0.15) is 18.3 Å². The fraction of sp³-hybridized carbons (Fsp3) is 0.375. The molecule has 2 amide bonds. The van der Waals surface area contributed by atoms with Crippen LogP contribution in [0, 0.1) is 6.92 Å². The van der Waals surface area contributed by atoms with Crippen molar-refractivity contribution in [1.82, 2.24) is 10.2 Å². The summed E-state index contributed by atoms with van der Waals surface area (Å²) in [6.07, 6.45) is 1.02. The maximum atomic E-state index is 14.2. The highest BCUT2D eigenvalue weighted by atomic mass is 35.5. The summed E-state index contributed by atoms with van der Waals surface area (Å²) >= 11 is 12.4. The van der Waals surface area contributed by atoms with Crippen molar-refractivity contribution in [3.8, 4) is 5.75 Å². The molecule has 0 heterocycles. The number of nitrogens with zero attached hydrogens (tertiary/aromatic N) is 2. The average Bonchev–Trinajstić information content (AvgIpc) is 2.98. The van der Waals surface area contributed by atoms with Gasteiger partial charge in [-0.3, -0.25) is 13.9 Å². The van der Waals surface area contributed by atoms with E-state index in [-0.39, 0.29) is 23.4 Å². The summed E-state index contributed by atoms with van der Waals surface area (Å²) in [4.78, 5) is 29.0. The molecule has 8 nitrogen and oxygen atoms in total. The van der Waals surface area contributed by atoms with Crippen molar-refractivity contribution < 1.29 is 22.7 Å². The molecule has 2 atom stereocenters. The summed E-state index contributed by atoms with van der Waals surface area (Å²) in [5, 5.41) is 3.63. The van der Waals surface area contributed by atoms with Crippen molar-refractivity contribution in [2.45, 2.75) is 71.0 Å². The van der Waals surface area contributed by atoms with Crippen LogP contribution in [0.3, 0.4) is 0 Å². The highest BCUT2D eigenvalue weighted by molar-refractivity contribution is 7.92. The highest BCUT2D eigenvalue weighted by Gasteiger charge is 2.34. The summed E-state index contributed by atoms with van der Waals surface area (Å²) < 4.78 is 34.6. The van der Waals surface area contributed by atoms with E-state index >= 15 is 0 Å². The molecule has 1 N–H and O–H groups in total. The van der Waals surface area contributed by atoms with E-state index in [0.717, 1.165) is 9.87 Å². The van der Waals surface area contributed by atoms with Crippen molar-refractivity contribution in [2.24, 2.45) is 0 Å². The van der Waals surface area contributed by atoms with Crippen molar-refractivity contribution in [1.29, 1.82) is 0 Å². The van der Waals surface area contributed by atoms with Gasteiger partial charge >= 0.3 is 0 Å². The Morgan fingerprint density at radius 3 is 2.12 bits per heavy atom. The van der Waals surface area contributed by atoms with Crippen molar-refractivity contribution in [3.05, 3.63) is 87.9 Å². The minimum absolute atomic E-state index is 0.00177. The molecule has 43 heavy (non-hydrogen) atoms. The van der Waals surface area contributed by atoms with Crippen molar-refractivity contribution in [2.75, 3.05) is 17.5 Å². The first-order chi connectivity index (χ1) is 20.4. The first-order valence-corrected chi connectivity index (χ1v) is 16.5. The predicted molar refractivity (Wildman–Crippen MR) is 172 cm³/mol. The lowest BCUT2D eigenvalue weighted by Gasteiger charge is -2.33. The number of hydrogen-bond donors (Lipinski definition) is 1. The molecule has 3 rings (SSSR count). The Labute approximate surface area is 265 Å². The van der Waals surface area contributed by atoms with Gasteiger partial charge in [-0.2, -0.15) is 0 Å². The quantitative estimate of drug-likeness (QED) is 0.212. The molecule has 0 fully saturated rings. The van der Waals surface area contributed by atoms with Crippen LogP contribution in [0.1, 0.15) is 51.7 Å². The average molecular weight is 649 g/mol. The molecular weight excluding hydrogens is 609 g/mol. The molecule has 3 aromatic rings. The molecule has 0 aliphatic heterocycles. The molecule has 0 saturated heterocycles. The Kier molecular flexibility index (Phi) is 12.3. The number of aryl methyl sites for hydroxylation is 1. The number of carbonyl (C=O) groups is 2. The Bertz CT molecular complexity index is 1500. The molecule has 0 aromatic heterocycles. The fourth-order valence-electron chi connectivity index (χ4n) is 4.44. The topological polar surface area (TPSA) is 96.0 Å². The lowest BCUT2D eigenvalue weighted by atomic mass is 10.1. The summed E-state index contributed by atoms with van der Waals surface area (Å²) in [6.45, 7) is 9.30. The first kappa shape index (κ1) is 34.2. The number of benzene rings is 3. The smallest absolute Gasteiger partial charge is 0.264 e. The third-order valence-corrected chi connectivity index (χ3v) is 9.57. The van der Waals surface area contributed by atoms with Crippen molar-refractivity contribution >= 4 is 50.7 Å². The second kappa shape index (κ2) is 15.5. The molecule has 11 heteroatoms. The van der Waals surface area contributed by atoms with Crippen LogP contribution in [-0.4, -0.2) is 50.4 Å². The molecule has 232 valence electrons. The lowest BCUT2D eigenvalue weighted by molar-refractivity contribution is -0.140. The van der Waals surface area contributed by atoms with Gasteiger partial charge in [0.25, 0.3) is 10.0 Å². The molecule has 0 bridgehead atoms. The zero-order valence-corrected chi connectivity index (χ0v) is 27.5. The highest BCUT2D eigenvalue weighted by Crippen LogP contribution is 2.28. The van der Waals surface area contributed by atoms with E-state index in [4.69, 9.17) is 27.9 Å². The fourth-order valence-corrected chi connectivity index (χ4v) is 6.17. The number of amides is 2. The summed E-state index contributed by atoms with van der Waals surface area (Å²) in [7, 11) is -4.20. The maximum absolute atomic E-state index is 14.2. The summed E-state index contributed by atoms with van der Waals surface area (Å²) in [5.74, 6) is -0.334. The second-order valence-electron chi connectivity index (χ2n) is 10.3. The van der Waals surface area contributed by atoms with Crippen LogP contribution in [0.2, 0.25) is 10.0 Å². The number of hydrogen-bond acceptors (Lipinski definition) is 5. The van der Waals surface area contributed by atoms with E-state index in [0.29, 0.717) is 46.5 Å². The minimum atomic E-state index is -4.20. The van der Waals surface area contributed by atoms with Gasteiger partial charge in [-0.05, 0) is 87.7 Å². The Morgan fingerprint density at radius 2 is 1.56 bits per heavy atom. The zero-order chi connectivity index (χ0) is 31.7. The number of nitrogens with one attached hydrogen (secondary N) is 1. The number of sulfonamides is 1. The number of rotatable bonds is 14. The van der Waals surface area contributed by atoms with Crippen LogP contribution >= 0.6 is 23.2 Å². The molecule has 3 aromatic carbocycles. The standard InChI is InChI=1S/C32H39Cl2N3O5S/c1-6-23(5)35-32(39)30(7-2)36(20-24-11-18-28(33)29(34)19-24)31(38)21-37(25-12-9-22(4)10-13-25)43(40,41)27-16-14-26(15-17-27)42-8-3/h9-19,23,30H,6-8,20-21H2,1-5H3,(H,35,39)/t23-,30-/m1/s1. The Morgan fingerprint density at radius 1 is 0.907 bits per heavy atom. The lowest BCUT2D eigenvalue weighted by Crippen LogP contribution is -2.53. The number of anilines is 1. The Balaban J connectivity index is 2.06. The van der Waals surface area contributed by atoms with Crippen LogP contribution in [0.5, 0.6) is 5.75 Å². The van der Waals surface area contributed by atoms with Gasteiger partial charge in [0.2, 0.25) is 11.8 Å². The predicted octanol–water partition coefficient (Wildman–Crippen LogP) is 6.62. The third-order valence-electron chi connectivity index (χ3n) is 7.05. The van der Waals surface area contributed by atoms with Gasteiger partial charge in [0.05, 0.1) is 27.2 Å². The van der Waals surface area contributed by atoms with Gasteiger partial charge in [-0.15, -0.1) is 0 Å². The van der Waals surface area contributed by atoms with E-state index in [9.17, 15) is 18.0 Å². The summed E-state index contributed by atoms with van der Waals surface area (Å²) in [6, 6.07) is 17.0. The van der Waals surface area contributed by atoms with E-state index in [1.165, 1.54) is 17.0 Å². The first-order valence-electron chi connectivity index (χ1n) is 14.3. The Hall–Kier alpha value is -3.27. The number of halogens is 2. The second-order valence-corrected chi connectivity index (χ2v) is 12.9. The van der Waals surface area contributed by atoms with Gasteiger partial charge in [0.15, 0.2) is 0 Å². The largest absolute Gasteiger partial charge is 0.494 e. The molecule has 0 aliphatic rings. The molecule has 0 saturated carbocycles.